The molecule has 1 aromatic heterocycles. The van der Waals surface area contributed by atoms with Crippen molar-refractivity contribution in [1.82, 2.24) is 4.98 Å². The maximum absolute atomic E-state index is 9.58. The van der Waals surface area contributed by atoms with Crippen molar-refractivity contribution in [2.45, 2.75) is 13.8 Å². The van der Waals surface area contributed by atoms with Crippen molar-refractivity contribution in [2.75, 3.05) is 12.5 Å². The van der Waals surface area contributed by atoms with E-state index in [2.05, 4.69) is 17.1 Å². The quantitative estimate of drug-likeness (QED) is 0.851. The largest absolute Gasteiger partial charge is 0.454 e. The molecule has 0 saturated heterocycles. The van der Waals surface area contributed by atoms with Gasteiger partial charge < -0.3 is 15.2 Å². The van der Waals surface area contributed by atoms with Gasteiger partial charge in [0.1, 0.15) is 18.0 Å². The number of anilines is 1. The molecule has 0 amide bonds. The van der Waals surface area contributed by atoms with Crippen molar-refractivity contribution >= 4 is 23.0 Å². The number of ether oxygens (including phenoxy) is 2. The first-order valence-electron chi connectivity index (χ1n) is 7.98. The molecule has 0 saturated carbocycles. The summed E-state index contributed by atoms with van der Waals surface area (Å²) < 4.78 is 10.8. The molecule has 0 radical (unpaired) electrons. The van der Waals surface area contributed by atoms with Gasteiger partial charge in [0.2, 0.25) is 6.79 Å². The molecule has 2 aromatic rings. The average Bonchev–Trinajstić information content (AvgIpc) is 3.18. The minimum atomic E-state index is 0.147. The first-order valence-corrected chi connectivity index (χ1v) is 7.98. The molecule has 4 rings (SSSR count). The number of nitrogens with two attached hydrogens (primary N) is 1. The van der Waals surface area contributed by atoms with E-state index in [1.807, 2.05) is 38.1 Å². The summed E-state index contributed by atoms with van der Waals surface area (Å²) in [4.78, 5) is 4.33. The fourth-order valence-electron chi connectivity index (χ4n) is 3.37. The van der Waals surface area contributed by atoms with E-state index in [9.17, 15) is 10.5 Å². The van der Waals surface area contributed by atoms with Crippen molar-refractivity contribution in [3.05, 3.63) is 51.7 Å². The topological polar surface area (TPSA) is 105 Å². The highest BCUT2D eigenvalue weighted by atomic mass is 16.7. The molecular weight excluding hydrogens is 328 g/mol. The summed E-state index contributed by atoms with van der Waals surface area (Å²) in [6.07, 6.45) is 1.96. The second-order valence-corrected chi connectivity index (χ2v) is 6.11. The summed E-state index contributed by atoms with van der Waals surface area (Å²) in [5, 5.41) is 19.0. The van der Waals surface area contributed by atoms with Crippen LogP contribution in [-0.2, 0) is 0 Å². The molecular formula is C20H14N4O2. The lowest BCUT2D eigenvalue weighted by Crippen LogP contribution is -2.03. The Morgan fingerprint density at radius 3 is 2.65 bits per heavy atom. The number of nitrogen functional groups attached to an aromatic ring is 1. The van der Waals surface area contributed by atoms with Gasteiger partial charge in [-0.05, 0) is 54.3 Å². The first-order chi connectivity index (χ1) is 12.5. The molecule has 1 aromatic carbocycles. The van der Waals surface area contributed by atoms with Crippen molar-refractivity contribution in [3.63, 3.8) is 0 Å². The van der Waals surface area contributed by atoms with Crippen molar-refractivity contribution in [3.8, 4) is 23.6 Å². The molecule has 6 heteroatoms. The Morgan fingerprint density at radius 1 is 1.15 bits per heavy atom. The number of nitrogens with zero attached hydrogens (tertiary/aromatic N) is 3. The lowest BCUT2D eigenvalue weighted by molar-refractivity contribution is 0.174. The van der Waals surface area contributed by atoms with E-state index in [-0.39, 0.29) is 12.6 Å². The van der Waals surface area contributed by atoms with E-state index in [4.69, 9.17) is 15.2 Å². The number of pyridine rings is 1. The molecule has 2 aliphatic rings. The smallest absolute Gasteiger partial charge is 0.231 e. The maximum Gasteiger partial charge on any atom is 0.231 e. The number of aromatic nitrogens is 1. The third-order valence-corrected chi connectivity index (χ3v) is 4.69. The van der Waals surface area contributed by atoms with Crippen molar-refractivity contribution < 1.29 is 9.47 Å². The third-order valence-electron chi connectivity index (χ3n) is 4.69. The van der Waals surface area contributed by atoms with E-state index < -0.39 is 0 Å². The van der Waals surface area contributed by atoms with Crippen LogP contribution >= 0.6 is 0 Å². The second-order valence-electron chi connectivity index (χ2n) is 6.11. The zero-order chi connectivity index (χ0) is 18.4. The van der Waals surface area contributed by atoms with Crippen LogP contribution in [0.5, 0.6) is 11.5 Å². The number of hydrogen-bond acceptors (Lipinski definition) is 6. The van der Waals surface area contributed by atoms with Gasteiger partial charge in [0.15, 0.2) is 11.5 Å². The minimum absolute atomic E-state index is 0.147. The Morgan fingerprint density at radius 2 is 1.92 bits per heavy atom. The minimum Gasteiger partial charge on any atom is -0.454 e. The summed E-state index contributed by atoms with van der Waals surface area (Å²) >= 11 is 0. The van der Waals surface area contributed by atoms with Crippen LogP contribution in [0.15, 0.2) is 23.8 Å². The summed E-state index contributed by atoms with van der Waals surface area (Å²) in [5.41, 5.74) is 11.3. The lowest BCUT2D eigenvalue weighted by atomic mass is 9.95. The second kappa shape index (κ2) is 5.65. The molecule has 126 valence electrons. The van der Waals surface area contributed by atoms with Crippen LogP contribution in [0.25, 0.3) is 17.2 Å². The SMILES string of the molecule is CC1=C(C#N)c2nc(N)c(C#N)c(C)c2/C1=C\c1ccc2c(c1)OCO2. The van der Waals surface area contributed by atoms with Crippen molar-refractivity contribution in [2.24, 2.45) is 0 Å². The molecule has 1 aliphatic carbocycles. The molecule has 0 fully saturated rings. The lowest BCUT2D eigenvalue weighted by Gasteiger charge is -2.11. The van der Waals surface area contributed by atoms with Crippen LogP contribution in [0.2, 0.25) is 0 Å². The summed E-state index contributed by atoms with van der Waals surface area (Å²) in [5.74, 6) is 1.54. The zero-order valence-electron chi connectivity index (χ0n) is 14.3. The summed E-state index contributed by atoms with van der Waals surface area (Å²) in [7, 11) is 0. The van der Waals surface area contributed by atoms with Gasteiger partial charge in [-0.2, -0.15) is 10.5 Å². The standard InChI is InChI=1S/C20H14N4O2/c1-10-13(5-12-3-4-16-17(6-12)26-9-25-16)18-11(2)15(8-22)20(23)24-19(18)14(10)7-21/h3-6H,9H2,1-2H3,(H2,23,24)/b13-5-. The fraction of sp³-hybridized carbons (Fsp3) is 0.150. The molecule has 0 spiro atoms. The molecule has 0 atom stereocenters. The Kier molecular flexibility index (Phi) is 3.42. The summed E-state index contributed by atoms with van der Waals surface area (Å²) in [6.45, 7) is 3.92. The van der Waals surface area contributed by atoms with Crippen LogP contribution in [-0.4, -0.2) is 11.8 Å². The van der Waals surface area contributed by atoms with Crippen LogP contribution < -0.4 is 15.2 Å². The number of nitriles is 2. The molecule has 0 bridgehead atoms. The predicted molar refractivity (Wildman–Crippen MR) is 96.7 cm³/mol. The molecule has 26 heavy (non-hydrogen) atoms. The van der Waals surface area contributed by atoms with Crippen molar-refractivity contribution in [1.29, 1.82) is 10.5 Å². The first kappa shape index (κ1) is 15.7. The van der Waals surface area contributed by atoms with Gasteiger partial charge >= 0.3 is 0 Å². The zero-order valence-corrected chi connectivity index (χ0v) is 14.3. The Bertz CT molecular complexity index is 1110. The third kappa shape index (κ3) is 2.13. The van der Waals surface area contributed by atoms with Gasteiger partial charge in [-0.3, -0.25) is 0 Å². The molecule has 2 heterocycles. The van der Waals surface area contributed by atoms with Gasteiger partial charge in [-0.1, -0.05) is 6.07 Å². The Labute approximate surface area is 150 Å². The monoisotopic (exact) mass is 342 g/mol. The van der Waals surface area contributed by atoms with E-state index in [1.165, 1.54) is 0 Å². The van der Waals surface area contributed by atoms with Crippen LogP contribution in [0.4, 0.5) is 5.82 Å². The van der Waals surface area contributed by atoms with E-state index in [0.717, 1.165) is 27.8 Å². The van der Waals surface area contributed by atoms with E-state index in [1.54, 1.807) is 0 Å². The highest BCUT2D eigenvalue weighted by Gasteiger charge is 2.29. The van der Waals surface area contributed by atoms with Gasteiger partial charge in [0.05, 0.1) is 16.8 Å². The number of benzene rings is 1. The Hall–Kier alpha value is -3.77. The summed E-state index contributed by atoms with van der Waals surface area (Å²) in [6, 6.07) is 9.98. The predicted octanol–water partition coefficient (Wildman–Crippen LogP) is 3.42. The Balaban J connectivity index is 1.95. The van der Waals surface area contributed by atoms with E-state index in [0.29, 0.717) is 28.3 Å². The van der Waals surface area contributed by atoms with E-state index >= 15 is 0 Å². The number of allylic oxidation sites excluding steroid dienone is 3. The van der Waals surface area contributed by atoms with Gasteiger partial charge in [0.25, 0.3) is 0 Å². The number of hydrogen-bond donors (Lipinski definition) is 1. The number of rotatable bonds is 1. The van der Waals surface area contributed by atoms with Gasteiger partial charge in [0, 0.05) is 5.56 Å². The average molecular weight is 342 g/mol. The van der Waals surface area contributed by atoms with Crippen LogP contribution in [0.1, 0.15) is 34.9 Å². The highest BCUT2D eigenvalue weighted by molar-refractivity contribution is 6.08. The van der Waals surface area contributed by atoms with Gasteiger partial charge in [-0.25, -0.2) is 4.98 Å². The van der Waals surface area contributed by atoms with Crippen LogP contribution in [0.3, 0.4) is 0 Å². The number of fused-ring (bicyclic) bond motifs is 2. The highest BCUT2D eigenvalue weighted by Crippen LogP contribution is 2.44. The molecule has 0 unspecified atom stereocenters. The normalized spacial score (nSPS) is 15.8. The van der Waals surface area contributed by atoms with Gasteiger partial charge in [-0.15, -0.1) is 0 Å². The van der Waals surface area contributed by atoms with Crippen LogP contribution in [0, 0.1) is 29.6 Å². The molecule has 1 aliphatic heterocycles. The molecule has 2 N–H and O–H groups in total. The maximum atomic E-state index is 9.58. The fourth-order valence-corrected chi connectivity index (χ4v) is 3.37. The molecule has 6 nitrogen and oxygen atoms in total.